The van der Waals surface area contributed by atoms with Crippen LogP contribution in [0.1, 0.15) is 37.7 Å². The van der Waals surface area contributed by atoms with Crippen molar-refractivity contribution < 1.29 is 4.92 Å². The van der Waals surface area contributed by atoms with Crippen LogP contribution in [-0.4, -0.2) is 17.5 Å². The average molecular weight is 287 g/mol. The quantitative estimate of drug-likeness (QED) is 0.512. The Morgan fingerprint density at radius 2 is 1.95 bits per heavy atom. The molecule has 21 heavy (non-hydrogen) atoms. The van der Waals surface area contributed by atoms with Gasteiger partial charge >= 0.3 is 0 Å². The summed E-state index contributed by atoms with van der Waals surface area (Å²) >= 11 is 0. The predicted octanol–water partition coefficient (Wildman–Crippen LogP) is 3.20. The summed E-state index contributed by atoms with van der Waals surface area (Å²) in [6.45, 7) is 0.806. The molecule has 0 aromatic heterocycles. The smallest absolute Gasteiger partial charge is 0.269 e. The van der Waals surface area contributed by atoms with Gasteiger partial charge in [-0.3, -0.25) is 10.1 Å². The number of nitro benzene ring substituents is 1. The number of hydrogen-bond acceptors (Lipinski definition) is 4. The lowest BCUT2D eigenvalue weighted by Gasteiger charge is -2.20. The van der Waals surface area contributed by atoms with Crippen LogP contribution in [-0.2, 0) is 6.42 Å². The van der Waals surface area contributed by atoms with Gasteiger partial charge in [0.25, 0.3) is 5.69 Å². The molecule has 1 aliphatic carbocycles. The molecular weight excluding hydrogens is 266 g/mol. The lowest BCUT2D eigenvalue weighted by molar-refractivity contribution is -0.384. The van der Waals surface area contributed by atoms with Crippen molar-refractivity contribution in [2.75, 3.05) is 6.54 Å². The highest BCUT2D eigenvalue weighted by Crippen LogP contribution is 2.23. The molecule has 1 N–H and O–H groups in total. The van der Waals surface area contributed by atoms with E-state index in [1.807, 2.05) is 0 Å². The molecule has 1 saturated carbocycles. The Kier molecular flexibility index (Phi) is 5.70. The van der Waals surface area contributed by atoms with Crippen LogP contribution in [0.3, 0.4) is 0 Å². The van der Waals surface area contributed by atoms with E-state index in [9.17, 15) is 15.4 Å². The summed E-state index contributed by atoms with van der Waals surface area (Å²) < 4.78 is 0. The number of rotatable bonds is 5. The molecule has 0 amide bonds. The second-order valence-electron chi connectivity index (χ2n) is 5.61. The van der Waals surface area contributed by atoms with Gasteiger partial charge in [-0.15, -0.1) is 0 Å². The van der Waals surface area contributed by atoms with Crippen molar-refractivity contribution in [1.82, 2.24) is 5.32 Å². The summed E-state index contributed by atoms with van der Waals surface area (Å²) in [4.78, 5) is 10.2. The van der Waals surface area contributed by atoms with Gasteiger partial charge in [-0.2, -0.15) is 5.26 Å². The molecule has 0 spiro atoms. The Morgan fingerprint density at radius 3 is 2.62 bits per heavy atom. The maximum absolute atomic E-state index is 10.6. The van der Waals surface area contributed by atoms with Crippen LogP contribution in [0.5, 0.6) is 0 Å². The van der Waals surface area contributed by atoms with Gasteiger partial charge in [0, 0.05) is 18.2 Å². The number of hydrogen-bond donors (Lipinski definition) is 1. The number of nitrogens with one attached hydrogen (secondary N) is 1. The first kappa shape index (κ1) is 15.5. The van der Waals surface area contributed by atoms with Crippen molar-refractivity contribution in [3.63, 3.8) is 0 Å². The van der Waals surface area contributed by atoms with E-state index in [1.165, 1.54) is 12.8 Å². The van der Waals surface area contributed by atoms with Gasteiger partial charge in [0.2, 0.25) is 0 Å². The van der Waals surface area contributed by atoms with Gasteiger partial charge in [-0.1, -0.05) is 31.4 Å². The molecule has 2 unspecified atom stereocenters. The fourth-order valence-corrected chi connectivity index (χ4v) is 2.89. The van der Waals surface area contributed by atoms with Crippen LogP contribution in [0.15, 0.2) is 24.3 Å². The van der Waals surface area contributed by atoms with Crippen molar-refractivity contribution in [2.45, 2.75) is 44.6 Å². The second-order valence-corrected chi connectivity index (χ2v) is 5.61. The van der Waals surface area contributed by atoms with Crippen molar-refractivity contribution >= 4 is 5.69 Å². The van der Waals surface area contributed by atoms with Crippen molar-refractivity contribution in [1.29, 1.82) is 5.26 Å². The Balaban J connectivity index is 1.82. The number of nitriles is 1. The molecule has 2 rings (SSSR count). The van der Waals surface area contributed by atoms with Crippen LogP contribution in [0.25, 0.3) is 0 Å². The molecule has 5 nitrogen and oxygen atoms in total. The monoisotopic (exact) mass is 287 g/mol. The highest BCUT2D eigenvalue weighted by molar-refractivity contribution is 5.32. The average Bonchev–Trinajstić information content (AvgIpc) is 2.73. The fraction of sp³-hybridized carbons (Fsp3) is 0.562. The van der Waals surface area contributed by atoms with Crippen molar-refractivity contribution in [3.8, 4) is 6.07 Å². The summed E-state index contributed by atoms with van der Waals surface area (Å²) in [5.74, 6) is 0.115. The first-order valence-electron chi connectivity index (χ1n) is 7.57. The SMILES string of the molecule is N#CC1CCCCCC1NCCc1ccc([N+](=O)[O-])cc1. The number of benzene rings is 1. The minimum Gasteiger partial charge on any atom is -0.312 e. The molecule has 0 heterocycles. The summed E-state index contributed by atoms with van der Waals surface area (Å²) in [6.07, 6.45) is 6.45. The number of non-ortho nitro benzene ring substituents is 1. The van der Waals surface area contributed by atoms with Crippen LogP contribution in [0, 0.1) is 27.4 Å². The fourth-order valence-electron chi connectivity index (χ4n) is 2.89. The summed E-state index contributed by atoms with van der Waals surface area (Å²) in [5, 5.41) is 23.3. The van der Waals surface area contributed by atoms with Gasteiger partial charge < -0.3 is 5.32 Å². The number of nitro groups is 1. The second kappa shape index (κ2) is 7.75. The van der Waals surface area contributed by atoms with Gasteiger partial charge in [-0.05, 0) is 31.4 Å². The zero-order valence-corrected chi connectivity index (χ0v) is 12.1. The molecule has 1 fully saturated rings. The zero-order chi connectivity index (χ0) is 15.1. The molecule has 1 aromatic rings. The van der Waals surface area contributed by atoms with E-state index in [-0.39, 0.29) is 22.6 Å². The standard InChI is InChI=1S/C16H21N3O2/c17-12-14-4-2-1-3-5-16(14)18-11-10-13-6-8-15(9-7-13)19(20)21/h6-9,14,16,18H,1-5,10-11H2. The first-order valence-corrected chi connectivity index (χ1v) is 7.57. The van der Waals surface area contributed by atoms with E-state index >= 15 is 0 Å². The molecule has 0 saturated heterocycles. The first-order chi connectivity index (χ1) is 10.2. The lowest BCUT2D eigenvalue weighted by Crippen LogP contribution is -2.36. The third-order valence-corrected chi connectivity index (χ3v) is 4.15. The molecule has 1 aromatic carbocycles. The molecule has 0 radical (unpaired) electrons. The van der Waals surface area contributed by atoms with E-state index < -0.39 is 0 Å². The Morgan fingerprint density at radius 1 is 1.24 bits per heavy atom. The van der Waals surface area contributed by atoms with Crippen LogP contribution < -0.4 is 5.32 Å². The lowest BCUT2D eigenvalue weighted by atomic mass is 9.96. The van der Waals surface area contributed by atoms with Crippen molar-refractivity contribution in [2.24, 2.45) is 5.92 Å². The highest BCUT2D eigenvalue weighted by Gasteiger charge is 2.22. The predicted molar refractivity (Wildman–Crippen MR) is 80.8 cm³/mol. The van der Waals surface area contributed by atoms with Crippen molar-refractivity contribution in [3.05, 3.63) is 39.9 Å². The minimum atomic E-state index is -0.384. The third-order valence-electron chi connectivity index (χ3n) is 4.15. The Bertz CT molecular complexity index is 507. The topological polar surface area (TPSA) is 79.0 Å². The molecule has 1 aliphatic rings. The highest BCUT2D eigenvalue weighted by atomic mass is 16.6. The van der Waals surface area contributed by atoms with Crippen LogP contribution >= 0.6 is 0 Å². The van der Waals surface area contributed by atoms with E-state index in [0.29, 0.717) is 0 Å². The summed E-state index contributed by atoms with van der Waals surface area (Å²) in [7, 11) is 0. The summed E-state index contributed by atoms with van der Waals surface area (Å²) in [6, 6.07) is 9.39. The normalized spacial score (nSPS) is 22.2. The molecule has 0 aliphatic heterocycles. The third kappa shape index (κ3) is 4.54. The maximum Gasteiger partial charge on any atom is 0.269 e. The summed E-state index contributed by atoms with van der Waals surface area (Å²) in [5.41, 5.74) is 1.20. The largest absolute Gasteiger partial charge is 0.312 e. The number of nitrogens with zero attached hydrogens (tertiary/aromatic N) is 2. The molecular formula is C16H21N3O2. The van der Waals surface area contributed by atoms with Gasteiger partial charge in [0.15, 0.2) is 0 Å². The minimum absolute atomic E-state index is 0.115. The van der Waals surface area contributed by atoms with Gasteiger partial charge in [-0.25, -0.2) is 0 Å². The van der Waals surface area contributed by atoms with E-state index in [1.54, 1.807) is 24.3 Å². The van der Waals surface area contributed by atoms with Crippen LogP contribution in [0.2, 0.25) is 0 Å². The molecule has 2 atom stereocenters. The Hall–Kier alpha value is -1.93. The molecule has 5 heteroatoms. The van der Waals surface area contributed by atoms with E-state index in [4.69, 9.17) is 0 Å². The maximum atomic E-state index is 10.6. The van der Waals surface area contributed by atoms with Gasteiger partial charge in [0.1, 0.15) is 0 Å². The molecule has 0 bridgehead atoms. The molecule has 112 valence electrons. The van der Waals surface area contributed by atoms with E-state index in [2.05, 4.69) is 11.4 Å². The Labute approximate surface area is 125 Å². The van der Waals surface area contributed by atoms with Crippen LogP contribution in [0.4, 0.5) is 5.69 Å². The van der Waals surface area contributed by atoms with Gasteiger partial charge in [0.05, 0.1) is 16.9 Å². The zero-order valence-electron chi connectivity index (χ0n) is 12.1. The van der Waals surface area contributed by atoms with E-state index in [0.717, 1.165) is 37.8 Å².